The number of ketones is 2. The second-order valence-corrected chi connectivity index (χ2v) is 11.8. The van der Waals surface area contributed by atoms with Crippen molar-refractivity contribution in [3.05, 3.63) is 85.9 Å². The number of nitrogens with zero attached hydrogens (tertiary/aromatic N) is 1. The van der Waals surface area contributed by atoms with Crippen LogP contribution >= 0.6 is 31.9 Å². The number of rotatable bonds is 4. The van der Waals surface area contributed by atoms with E-state index in [1.54, 1.807) is 43.3 Å². The topological polar surface area (TPSA) is 101 Å². The Kier molecular flexibility index (Phi) is 6.46. The van der Waals surface area contributed by atoms with Crippen molar-refractivity contribution < 1.29 is 29.0 Å². The Morgan fingerprint density at radius 3 is 2.46 bits per heavy atom. The van der Waals surface area contributed by atoms with Gasteiger partial charge < -0.3 is 9.84 Å². The highest BCUT2D eigenvalue weighted by Crippen LogP contribution is 2.56. The molecule has 1 N–H and O–H groups in total. The van der Waals surface area contributed by atoms with Gasteiger partial charge in [-0.25, -0.2) is 0 Å². The molecule has 2 aromatic rings. The van der Waals surface area contributed by atoms with Crippen molar-refractivity contribution in [1.29, 1.82) is 0 Å². The van der Waals surface area contributed by atoms with Crippen LogP contribution in [0.1, 0.15) is 31.2 Å². The lowest BCUT2D eigenvalue weighted by Gasteiger charge is -2.42. The first-order valence-electron chi connectivity index (χ1n) is 12.7. The number of fused-ring (bicyclic) bond motifs is 3. The Bertz CT molecular complexity index is 1550. The molecule has 1 fully saturated rings. The number of Topliss-reactive ketones (excluding diaryl/α,β-unsaturated/α-hetero) is 1. The highest BCUT2D eigenvalue weighted by Gasteiger charge is 2.56. The van der Waals surface area contributed by atoms with Crippen molar-refractivity contribution in [3.8, 4) is 11.5 Å². The standard InChI is InChI=1S/C30H23Br2NO6/c1-2-39-24-11-14(3-10-22(24)34)25-17-8-9-18-26(19(17)12-20-27(25)23(35)13-21(32)28(20)36)30(38)33(29(18)37)16-6-4-15(31)5-7-16/h3-8,10-11,13,18-19,25-26,34H,2,9,12H2,1H3/t18-,19+,25-,26-/m0/s1. The van der Waals surface area contributed by atoms with E-state index in [9.17, 15) is 24.3 Å². The zero-order chi connectivity index (χ0) is 27.6. The van der Waals surface area contributed by atoms with E-state index in [4.69, 9.17) is 4.74 Å². The van der Waals surface area contributed by atoms with E-state index in [0.717, 1.165) is 10.0 Å². The predicted octanol–water partition coefficient (Wildman–Crippen LogP) is 5.52. The van der Waals surface area contributed by atoms with Gasteiger partial charge in [-0.05, 0) is 83.6 Å². The Balaban J connectivity index is 1.48. The lowest BCUT2D eigenvalue weighted by atomic mass is 9.59. The maximum atomic E-state index is 13.9. The minimum atomic E-state index is -0.659. The third kappa shape index (κ3) is 4.05. The van der Waals surface area contributed by atoms with Crippen LogP contribution in [0.4, 0.5) is 5.69 Å². The van der Waals surface area contributed by atoms with Crippen LogP contribution in [0.15, 0.2) is 80.3 Å². The fourth-order valence-corrected chi connectivity index (χ4v) is 7.12. The van der Waals surface area contributed by atoms with Crippen LogP contribution in [-0.2, 0) is 19.2 Å². The molecular weight excluding hydrogens is 630 g/mol. The monoisotopic (exact) mass is 651 g/mol. The number of ether oxygens (including phenoxy) is 1. The molecule has 0 radical (unpaired) electrons. The van der Waals surface area contributed by atoms with Gasteiger partial charge in [0.15, 0.2) is 23.1 Å². The number of phenolic OH excluding ortho intramolecular Hbond substituents is 1. The van der Waals surface area contributed by atoms with E-state index in [1.807, 2.05) is 6.08 Å². The molecule has 1 aliphatic heterocycles. The molecule has 0 aromatic heterocycles. The minimum absolute atomic E-state index is 0.0322. The summed E-state index contributed by atoms with van der Waals surface area (Å²) in [5.74, 6) is -3.14. The zero-order valence-electron chi connectivity index (χ0n) is 20.8. The Morgan fingerprint density at radius 1 is 1.00 bits per heavy atom. The van der Waals surface area contributed by atoms with Gasteiger partial charge >= 0.3 is 0 Å². The summed E-state index contributed by atoms with van der Waals surface area (Å²) in [7, 11) is 0. The third-order valence-corrected chi connectivity index (χ3v) is 9.15. The largest absolute Gasteiger partial charge is 0.504 e. The summed E-state index contributed by atoms with van der Waals surface area (Å²) < 4.78 is 6.62. The number of benzene rings is 2. The minimum Gasteiger partial charge on any atom is -0.504 e. The van der Waals surface area contributed by atoms with Gasteiger partial charge in [-0.1, -0.05) is 33.6 Å². The molecule has 3 aliphatic carbocycles. The molecule has 1 saturated heterocycles. The van der Waals surface area contributed by atoms with Gasteiger partial charge in [0, 0.05) is 27.6 Å². The summed E-state index contributed by atoms with van der Waals surface area (Å²) in [5, 5.41) is 10.3. The quantitative estimate of drug-likeness (QED) is 0.265. The molecule has 9 heteroatoms. The number of phenols is 1. The van der Waals surface area contributed by atoms with Crippen LogP contribution in [0.5, 0.6) is 11.5 Å². The maximum Gasteiger partial charge on any atom is 0.238 e. The number of amides is 2. The maximum absolute atomic E-state index is 13.9. The summed E-state index contributed by atoms with van der Waals surface area (Å²) in [4.78, 5) is 55.4. The van der Waals surface area contributed by atoms with Gasteiger partial charge in [0.1, 0.15) is 0 Å². The number of carbonyl (C=O) groups is 4. The molecular formula is C30H23Br2NO6. The van der Waals surface area contributed by atoms with Gasteiger partial charge in [0.25, 0.3) is 0 Å². The summed E-state index contributed by atoms with van der Waals surface area (Å²) in [5.41, 5.74) is 2.75. The summed E-state index contributed by atoms with van der Waals surface area (Å²) in [6.45, 7) is 2.14. The van der Waals surface area contributed by atoms with E-state index in [2.05, 4.69) is 31.9 Å². The Morgan fingerprint density at radius 2 is 1.74 bits per heavy atom. The van der Waals surface area contributed by atoms with E-state index >= 15 is 0 Å². The van der Waals surface area contributed by atoms with Crippen LogP contribution in [0, 0.1) is 17.8 Å². The second kappa shape index (κ2) is 9.71. The average molecular weight is 653 g/mol. The van der Waals surface area contributed by atoms with Crippen molar-refractivity contribution in [2.45, 2.75) is 25.7 Å². The molecule has 0 spiro atoms. The Hall–Kier alpha value is -3.30. The van der Waals surface area contributed by atoms with E-state index in [1.165, 1.54) is 17.0 Å². The molecule has 39 heavy (non-hydrogen) atoms. The summed E-state index contributed by atoms with van der Waals surface area (Å²) >= 11 is 6.63. The number of hydrogen-bond donors (Lipinski definition) is 1. The first-order chi connectivity index (χ1) is 18.7. The molecule has 7 nitrogen and oxygen atoms in total. The van der Waals surface area contributed by atoms with Crippen LogP contribution in [0.25, 0.3) is 0 Å². The van der Waals surface area contributed by atoms with Crippen LogP contribution < -0.4 is 9.64 Å². The molecule has 1 heterocycles. The van der Waals surface area contributed by atoms with E-state index in [0.29, 0.717) is 35.4 Å². The van der Waals surface area contributed by atoms with Gasteiger partial charge in [-0.15, -0.1) is 0 Å². The molecule has 0 bridgehead atoms. The van der Waals surface area contributed by atoms with E-state index < -0.39 is 23.7 Å². The first-order valence-corrected chi connectivity index (χ1v) is 14.3. The van der Waals surface area contributed by atoms with Crippen molar-refractivity contribution in [3.63, 3.8) is 0 Å². The first kappa shape index (κ1) is 26.0. The number of hydrogen-bond acceptors (Lipinski definition) is 6. The molecule has 0 unspecified atom stereocenters. The second-order valence-electron chi connectivity index (χ2n) is 10.0. The Labute approximate surface area is 241 Å². The number of halogens is 2. The molecule has 4 atom stereocenters. The normalized spacial score (nSPS) is 26.2. The summed E-state index contributed by atoms with van der Waals surface area (Å²) in [6, 6.07) is 11.9. The lowest BCUT2D eigenvalue weighted by Crippen LogP contribution is -2.39. The fourth-order valence-electron chi connectivity index (χ4n) is 6.41. The number of aromatic hydroxyl groups is 1. The number of allylic oxidation sites excluding steroid dienone is 6. The van der Waals surface area contributed by atoms with Gasteiger partial charge in [-0.2, -0.15) is 0 Å². The fraction of sp³-hybridized carbons (Fsp3) is 0.267. The molecule has 0 saturated carbocycles. The van der Waals surface area contributed by atoms with Crippen LogP contribution in [0.2, 0.25) is 0 Å². The molecule has 6 rings (SSSR count). The van der Waals surface area contributed by atoms with E-state index in [-0.39, 0.29) is 45.8 Å². The van der Waals surface area contributed by atoms with Crippen molar-refractivity contribution >= 4 is 60.9 Å². The molecule has 2 amide bonds. The average Bonchev–Trinajstić information content (AvgIpc) is 3.18. The van der Waals surface area contributed by atoms with Crippen molar-refractivity contribution in [1.82, 2.24) is 0 Å². The molecule has 198 valence electrons. The van der Waals surface area contributed by atoms with Crippen LogP contribution in [0.3, 0.4) is 0 Å². The van der Waals surface area contributed by atoms with Gasteiger partial charge in [-0.3, -0.25) is 24.1 Å². The zero-order valence-corrected chi connectivity index (χ0v) is 24.0. The summed E-state index contributed by atoms with van der Waals surface area (Å²) in [6.07, 6.45) is 3.81. The highest BCUT2D eigenvalue weighted by molar-refractivity contribution is 9.12. The van der Waals surface area contributed by atoms with Gasteiger partial charge in [0.2, 0.25) is 11.8 Å². The molecule has 4 aliphatic rings. The smallest absolute Gasteiger partial charge is 0.238 e. The van der Waals surface area contributed by atoms with Gasteiger partial charge in [0.05, 0.1) is 28.6 Å². The van der Waals surface area contributed by atoms with Crippen molar-refractivity contribution in [2.75, 3.05) is 11.5 Å². The SMILES string of the molecule is CCOc1cc([C@H]2C3=CC[C@@H]4C(=O)N(c5ccc(Br)cc5)C(=O)[C@@H]4[C@@H]3CC3=C2C(=O)C=C(Br)C3=O)ccc1O. The number of anilines is 1. The van der Waals surface area contributed by atoms with Crippen LogP contribution in [-0.4, -0.2) is 35.1 Å². The molecule has 2 aromatic carbocycles. The third-order valence-electron chi connectivity index (χ3n) is 8.03. The number of imide groups is 1. The predicted molar refractivity (Wildman–Crippen MR) is 150 cm³/mol. The number of carbonyl (C=O) groups excluding carboxylic acids is 4. The lowest BCUT2D eigenvalue weighted by molar-refractivity contribution is -0.123. The van der Waals surface area contributed by atoms with Crippen molar-refractivity contribution in [2.24, 2.45) is 17.8 Å². The highest BCUT2D eigenvalue weighted by atomic mass is 79.9.